The number of halogens is 1. The predicted octanol–water partition coefficient (Wildman–Crippen LogP) is 1.38. The molecule has 0 saturated carbocycles. The van der Waals surface area contributed by atoms with Crippen molar-refractivity contribution in [3.63, 3.8) is 0 Å². The summed E-state index contributed by atoms with van der Waals surface area (Å²) in [7, 11) is 0. The fourth-order valence-electron chi connectivity index (χ4n) is 2.07. The Kier molecular flexibility index (Phi) is 12.3. The van der Waals surface area contributed by atoms with Gasteiger partial charge < -0.3 is 24.0 Å². The van der Waals surface area contributed by atoms with Crippen LogP contribution < -0.4 is 27.6 Å². The maximum absolute atomic E-state index is 2.39. The first-order chi connectivity index (χ1) is 7.88. The number of benzene rings is 1. The minimum absolute atomic E-state index is 0. The van der Waals surface area contributed by atoms with Crippen LogP contribution in [0.25, 0.3) is 0 Å². The van der Waals surface area contributed by atoms with Crippen molar-refractivity contribution in [2.75, 3.05) is 0 Å². The monoisotopic (exact) mass is 452 g/mol. The van der Waals surface area contributed by atoms with E-state index in [4.69, 9.17) is 0 Å². The first-order valence-electron chi connectivity index (χ1n) is 6.78. The molecule has 0 saturated heterocycles. The molecular formula is C15H25ISn. The second-order valence-electron chi connectivity index (χ2n) is 4.53. The summed E-state index contributed by atoms with van der Waals surface area (Å²) in [6.07, 6.45) is 7.09. The third kappa shape index (κ3) is 7.70. The molecule has 0 bridgehead atoms. The van der Waals surface area contributed by atoms with E-state index < -0.39 is 19.8 Å². The summed E-state index contributed by atoms with van der Waals surface area (Å²) in [5.41, 5.74) is 0. The molecular weight excluding hydrogens is 426 g/mol. The second-order valence-corrected chi connectivity index (χ2v) is 12.5. The van der Waals surface area contributed by atoms with Gasteiger partial charge in [0.25, 0.3) is 0 Å². The van der Waals surface area contributed by atoms with Crippen LogP contribution in [0.4, 0.5) is 0 Å². The molecule has 0 spiro atoms. The Morgan fingerprint density at radius 3 is 2.00 bits per heavy atom. The molecule has 0 N–H and O–H groups in total. The minimum atomic E-state index is -1.24. The van der Waals surface area contributed by atoms with E-state index >= 15 is 0 Å². The minimum Gasteiger partial charge on any atom is -1.00 e. The molecule has 1 aromatic rings. The molecule has 1 rings (SSSR count). The smallest absolute Gasteiger partial charge is 1.00 e. The average molecular weight is 451 g/mol. The van der Waals surface area contributed by atoms with Gasteiger partial charge in [-0.3, -0.25) is 0 Å². The maximum Gasteiger partial charge on any atom is -1.00 e. The molecule has 0 aromatic heterocycles. The van der Waals surface area contributed by atoms with Crippen LogP contribution in [0, 0.1) is 0 Å². The first-order valence-corrected chi connectivity index (χ1v) is 12.2. The molecule has 17 heavy (non-hydrogen) atoms. The van der Waals surface area contributed by atoms with Crippen LogP contribution in [0.15, 0.2) is 30.3 Å². The Labute approximate surface area is 131 Å². The van der Waals surface area contributed by atoms with Crippen LogP contribution in [0.5, 0.6) is 0 Å². The van der Waals surface area contributed by atoms with Crippen molar-refractivity contribution in [3.8, 4) is 0 Å². The largest absolute Gasteiger partial charge is 1.00 e. The van der Waals surface area contributed by atoms with Crippen LogP contribution in [-0.4, -0.2) is 19.8 Å². The summed E-state index contributed by atoms with van der Waals surface area (Å²) < 4.78 is 4.88. The van der Waals surface area contributed by atoms with E-state index in [0.717, 1.165) is 0 Å². The average Bonchev–Trinajstić information content (AvgIpc) is 2.35. The van der Waals surface area contributed by atoms with Crippen molar-refractivity contribution in [3.05, 3.63) is 30.3 Å². The quantitative estimate of drug-likeness (QED) is 0.319. The molecule has 0 radical (unpaired) electrons. The van der Waals surface area contributed by atoms with Gasteiger partial charge in [-0.05, 0) is 0 Å². The van der Waals surface area contributed by atoms with Gasteiger partial charge in [0.1, 0.15) is 0 Å². The first kappa shape index (κ1) is 17.7. The Balaban J connectivity index is 0.00000256. The SMILES string of the molecule is CCCC[CH2][Sn+]([CH2]CCC)[c]1ccccc1.[I-]. The van der Waals surface area contributed by atoms with Gasteiger partial charge in [0.15, 0.2) is 0 Å². The van der Waals surface area contributed by atoms with Crippen molar-refractivity contribution >= 4 is 23.3 Å². The van der Waals surface area contributed by atoms with E-state index in [1.807, 2.05) is 0 Å². The van der Waals surface area contributed by atoms with Crippen molar-refractivity contribution in [1.29, 1.82) is 0 Å². The number of hydrogen-bond donors (Lipinski definition) is 0. The van der Waals surface area contributed by atoms with Crippen molar-refractivity contribution < 1.29 is 24.0 Å². The standard InChI is InChI=1S/C6H5.C5H11.C4H9.HI.Sn/c1-2-4-6-5-3-1;1-3-5-4-2;1-3-4-2;;/h1-5H;1,3-5H2,2H3;1,3-4H2,2H3;1H;/q;;;;+1/p-1. The van der Waals surface area contributed by atoms with Crippen LogP contribution in [0.3, 0.4) is 0 Å². The van der Waals surface area contributed by atoms with Crippen molar-refractivity contribution in [2.45, 2.75) is 54.8 Å². The van der Waals surface area contributed by atoms with E-state index in [2.05, 4.69) is 44.2 Å². The van der Waals surface area contributed by atoms with Gasteiger partial charge >= 0.3 is 108 Å². The molecule has 0 unspecified atom stereocenters. The van der Waals surface area contributed by atoms with Crippen LogP contribution in [0.1, 0.15) is 46.0 Å². The van der Waals surface area contributed by atoms with Gasteiger partial charge in [-0.1, -0.05) is 0 Å². The van der Waals surface area contributed by atoms with Crippen LogP contribution in [0.2, 0.25) is 8.87 Å². The third-order valence-electron chi connectivity index (χ3n) is 3.10. The molecule has 96 valence electrons. The van der Waals surface area contributed by atoms with Crippen LogP contribution in [-0.2, 0) is 0 Å². The van der Waals surface area contributed by atoms with Gasteiger partial charge in [0.2, 0.25) is 0 Å². The van der Waals surface area contributed by atoms with Gasteiger partial charge in [-0.25, -0.2) is 0 Å². The number of rotatable bonds is 8. The normalized spacial score (nSPS) is 9.76. The van der Waals surface area contributed by atoms with E-state index in [1.54, 1.807) is 12.5 Å². The summed E-state index contributed by atoms with van der Waals surface area (Å²) in [5, 5.41) is 0. The number of hydrogen-bond acceptors (Lipinski definition) is 0. The maximum atomic E-state index is 2.39. The Hall–Kier alpha value is 0.749. The predicted molar refractivity (Wildman–Crippen MR) is 75.9 cm³/mol. The van der Waals surface area contributed by atoms with Crippen molar-refractivity contribution in [2.24, 2.45) is 0 Å². The summed E-state index contributed by atoms with van der Waals surface area (Å²) in [5.74, 6) is 0. The zero-order valence-electron chi connectivity index (χ0n) is 11.2. The Morgan fingerprint density at radius 1 is 0.824 bits per heavy atom. The molecule has 0 nitrogen and oxygen atoms in total. The summed E-state index contributed by atoms with van der Waals surface area (Å²) in [6, 6.07) is 11.4. The Bertz CT molecular complexity index is 261. The zero-order valence-corrected chi connectivity index (χ0v) is 16.2. The molecule has 0 aliphatic heterocycles. The second kappa shape index (κ2) is 11.8. The van der Waals surface area contributed by atoms with Gasteiger partial charge in [0, 0.05) is 0 Å². The van der Waals surface area contributed by atoms with Gasteiger partial charge in [-0.15, -0.1) is 0 Å². The number of unbranched alkanes of at least 4 members (excludes halogenated alkanes) is 3. The van der Waals surface area contributed by atoms with Crippen LogP contribution >= 0.6 is 0 Å². The van der Waals surface area contributed by atoms with E-state index in [9.17, 15) is 0 Å². The summed E-state index contributed by atoms with van der Waals surface area (Å²) >= 11 is -1.24. The molecule has 0 aliphatic rings. The Morgan fingerprint density at radius 2 is 1.41 bits per heavy atom. The summed E-state index contributed by atoms with van der Waals surface area (Å²) in [4.78, 5) is 0. The molecule has 0 aliphatic carbocycles. The molecule has 0 fully saturated rings. The van der Waals surface area contributed by atoms with E-state index in [1.165, 1.54) is 32.1 Å². The van der Waals surface area contributed by atoms with Gasteiger partial charge in [-0.2, -0.15) is 0 Å². The molecule has 0 amide bonds. The molecule has 1 aromatic carbocycles. The summed E-state index contributed by atoms with van der Waals surface area (Å²) in [6.45, 7) is 4.62. The fraction of sp³-hybridized carbons (Fsp3) is 0.600. The third-order valence-corrected chi connectivity index (χ3v) is 11.8. The molecule has 0 heterocycles. The van der Waals surface area contributed by atoms with E-state index in [0.29, 0.717) is 0 Å². The van der Waals surface area contributed by atoms with E-state index in [-0.39, 0.29) is 24.0 Å². The molecule has 0 atom stereocenters. The molecule has 2 heteroatoms. The fourth-order valence-corrected chi connectivity index (χ4v) is 10.5. The van der Waals surface area contributed by atoms with Crippen molar-refractivity contribution in [1.82, 2.24) is 0 Å². The zero-order chi connectivity index (χ0) is 11.6. The van der Waals surface area contributed by atoms with Gasteiger partial charge in [0.05, 0.1) is 0 Å². The topological polar surface area (TPSA) is 0 Å².